The largest absolute Gasteiger partial charge is 0.463 e. The molecule has 0 radical (unpaired) electrons. The van der Waals surface area contributed by atoms with Crippen LogP contribution in [0.3, 0.4) is 0 Å². The molecule has 0 amide bonds. The van der Waals surface area contributed by atoms with Crippen LogP contribution in [-0.2, 0) is 20.5 Å². The third kappa shape index (κ3) is 4.20. The molecule has 0 aromatic carbocycles. The van der Waals surface area contributed by atoms with Gasteiger partial charge in [-0.15, -0.1) is 0 Å². The lowest BCUT2D eigenvalue weighted by Crippen LogP contribution is -2.48. The zero-order chi connectivity index (χ0) is 22.3. The van der Waals surface area contributed by atoms with Gasteiger partial charge in [-0.3, -0.25) is 4.21 Å². The lowest BCUT2D eigenvalue weighted by atomic mass is 9.77. The molecule has 2 fully saturated rings. The fraction of sp³-hybridized carbons (Fsp3) is 0.579. The summed E-state index contributed by atoms with van der Waals surface area (Å²) in [5.74, 6) is 2.12. The van der Waals surface area contributed by atoms with Gasteiger partial charge in [-0.2, -0.15) is 14.3 Å². The Labute approximate surface area is 193 Å². The van der Waals surface area contributed by atoms with Crippen molar-refractivity contribution in [2.24, 2.45) is 4.36 Å². The number of halogens is 1. The lowest BCUT2D eigenvalue weighted by Gasteiger charge is -2.41. The van der Waals surface area contributed by atoms with Crippen molar-refractivity contribution < 1.29 is 18.3 Å². The van der Waals surface area contributed by atoms with Gasteiger partial charge in [0.15, 0.2) is 11.8 Å². The molecule has 5 rings (SSSR count). The summed E-state index contributed by atoms with van der Waals surface area (Å²) in [6, 6.07) is 0. The van der Waals surface area contributed by atoms with E-state index in [1.165, 1.54) is 0 Å². The van der Waals surface area contributed by atoms with Crippen molar-refractivity contribution >= 4 is 43.9 Å². The smallest absolute Gasteiger partial charge is 0.263 e. The van der Waals surface area contributed by atoms with Crippen LogP contribution in [0.4, 0.5) is 11.8 Å². The molecule has 0 bridgehead atoms. The number of nitrogens with zero attached hydrogens (tertiary/aromatic N) is 5. The van der Waals surface area contributed by atoms with E-state index in [-0.39, 0.29) is 30.3 Å². The van der Waals surface area contributed by atoms with Crippen LogP contribution in [0.2, 0.25) is 5.02 Å². The van der Waals surface area contributed by atoms with Gasteiger partial charge in [0, 0.05) is 29.8 Å². The standard InChI is InChI=1S/C19H23ClN6O4S2/c20-13-8-21-15(22-9-13)12-2-6-32(29,7-3-12)26-18-23-16(25-19(10-27)4-1-5-19)14-17(24-18)30-11-31(14)28/h8-9,12,27H,1-7,10-11H2,(H,23,24,25). The first-order valence-corrected chi connectivity index (χ1v) is 14.0. The summed E-state index contributed by atoms with van der Waals surface area (Å²) in [5.41, 5.74) is -0.495. The second-order valence-corrected chi connectivity index (χ2v) is 12.7. The number of hydrogen-bond donors (Lipinski definition) is 2. The van der Waals surface area contributed by atoms with Crippen LogP contribution >= 0.6 is 11.6 Å². The number of nitrogens with one attached hydrogen (secondary N) is 1. The molecular formula is C19H23ClN6O4S2. The van der Waals surface area contributed by atoms with E-state index in [9.17, 15) is 13.5 Å². The second-order valence-electron chi connectivity index (χ2n) is 8.34. The molecule has 4 heterocycles. The molecule has 13 heteroatoms. The monoisotopic (exact) mass is 498 g/mol. The van der Waals surface area contributed by atoms with Crippen LogP contribution in [0.1, 0.15) is 43.8 Å². The van der Waals surface area contributed by atoms with E-state index in [1.807, 2.05) is 0 Å². The van der Waals surface area contributed by atoms with E-state index in [1.54, 1.807) is 12.4 Å². The minimum Gasteiger partial charge on any atom is -0.463 e. The molecular weight excluding hydrogens is 476 g/mol. The Kier molecular flexibility index (Phi) is 5.81. The maximum atomic E-state index is 13.4. The van der Waals surface area contributed by atoms with E-state index in [0.717, 1.165) is 19.3 Å². The Morgan fingerprint density at radius 2 is 2.00 bits per heavy atom. The molecule has 1 saturated carbocycles. The number of fused-ring (bicyclic) bond motifs is 1. The maximum absolute atomic E-state index is 13.4. The summed E-state index contributed by atoms with van der Waals surface area (Å²) in [5, 5.41) is 13.5. The van der Waals surface area contributed by atoms with Crippen LogP contribution in [-0.4, -0.2) is 63.1 Å². The van der Waals surface area contributed by atoms with Crippen molar-refractivity contribution in [2.45, 2.75) is 48.5 Å². The first-order chi connectivity index (χ1) is 15.4. The van der Waals surface area contributed by atoms with Gasteiger partial charge in [0.05, 0.1) is 26.9 Å². The number of aromatic nitrogens is 4. The van der Waals surface area contributed by atoms with Crippen LogP contribution in [0.25, 0.3) is 0 Å². The fourth-order valence-electron chi connectivity index (χ4n) is 4.12. The van der Waals surface area contributed by atoms with Crippen LogP contribution in [0.15, 0.2) is 21.7 Å². The summed E-state index contributed by atoms with van der Waals surface area (Å²) in [7, 11) is -3.98. The second kappa shape index (κ2) is 8.47. The number of aliphatic hydroxyl groups excluding tert-OH is 1. The third-order valence-electron chi connectivity index (χ3n) is 6.17. The van der Waals surface area contributed by atoms with Crippen molar-refractivity contribution in [3.63, 3.8) is 0 Å². The third-order valence-corrected chi connectivity index (χ3v) is 9.77. The van der Waals surface area contributed by atoms with Crippen LogP contribution < -0.4 is 10.1 Å². The predicted molar refractivity (Wildman–Crippen MR) is 120 cm³/mol. The number of rotatable bonds is 5. The number of aliphatic hydroxyl groups is 1. The number of ether oxygens (including phenoxy) is 1. The number of anilines is 1. The van der Waals surface area contributed by atoms with Gasteiger partial charge < -0.3 is 15.2 Å². The molecule has 32 heavy (non-hydrogen) atoms. The van der Waals surface area contributed by atoms with E-state index in [4.69, 9.17) is 16.3 Å². The van der Waals surface area contributed by atoms with Gasteiger partial charge in [-0.25, -0.2) is 14.2 Å². The zero-order valence-electron chi connectivity index (χ0n) is 17.2. The molecule has 2 aromatic heterocycles. The van der Waals surface area contributed by atoms with Gasteiger partial charge in [0.1, 0.15) is 21.5 Å². The van der Waals surface area contributed by atoms with Crippen molar-refractivity contribution in [1.29, 1.82) is 0 Å². The summed E-state index contributed by atoms with van der Waals surface area (Å²) in [4.78, 5) is 17.7. The molecule has 0 spiro atoms. The zero-order valence-corrected chi connectivity index (χ0v) is 19.6. The molecule has 1 unspecified atom stereocenters. The van der Waals surface area contributed by atoms with E-state index in [0.29, 0.717) is 45.9 Å². The van der Waals surface area contributed by atoms with Gasteiger partial charge in [0.2, 0.25) is 5.88 Å². The summed E-state index contributed by atoms with van der Waals surface area (Å²) in [6.07, 6.45) is 6.96. The average Bonchev–Trinajstić information content (AvgIpc) is 3.12. The van der Waals surface area contributed by atoms with E-state index >= 15 is 0 Å². The van der Waals surface area contributed by atoms with Gasteiger partial charge in [-0.05, 0) is 32.1 Å². The molecule has 1 atom stereocenters. The highest BCUT2D eigenvalue weighted by Gasteiger charge is 2.39. The molecule has 2 N–H and O–H groups in total. The quantitative estimate of drug-likeness (QED) is 0.635. The van der Waals surface area contributed by atoms with Crippen molar-refractivity contribution in [3.05, 3.63) is 23.2 Å². The fourth-order valence-corrected chi connectivity index (χ4v) is 7.24. The van der Waals surface area contributed by atoms with Crippen LogP contribution in [0.5, 0.6) is 5.88 Å². The molecule has 1 saturated heterocycles. The summed E-state index contributed by atoms with van der Waals surface area (Å²) < 4.78 is 35.7. The van der Waals surface area contributed by atoms with Gasteiger partial charge >= 0.3 is 0 Å². The van der Waals surface area contributed by atoms with Gasteiger partial charge in [0.25, 0.3) is 5.95 Å². The van der Waals surface area contributed by atoms with Crippen molar-refractivity contribution in [1.82, 2.24) is 19.9 Å². The van der Waals surface area contributed by atoms with Gasteiger partial charge in [-0.1, -0.05) is 11.6 Å². The molecule has 172 valence electrons. The van der Waals surface area contributed by atoms with Crippen molar-refractivity contribution in [2.75, 3.05) is 29.4 Å². The minimum absolute atomic E-state index is 0.00752. The summed E-state index contributed by atoms with van der Waals surface area (Å²) >= 11 is 5.86. The van der Waals surface area contributed by atoms with Crippen molar-refractivity contribution in [3.8, 4) is 5.88 Å². The SMILES string of the molecule is O=S1COc2nc(N=S3(=O)CCC(c4ncc(Cl)cn4)CC3)nc(NC3(CO)CCC3)c21. The minimum atomic E-state index is -2.57. The number of hydrogen-bond acceptors (Lipinski definition) is 10. The molecule has 1 aliphatic carbocycles. The highest BCUT2D eigenvalue weighted by atomic mass is 35.5. The molecule has 2 aromatic rings. The maximum Gasteiger partial charge on any atom is 0.263 e. The van der Waals surface area contributed by atoms with E-state index in [2.05, 4.69) is 29.6 Å². The first kappa shape index (κ1) is 21.9. The average molecular weight is 499 g/mol. The molecule has 3 aliphatic rings. The normalized spacial score (nSPS) is 28.3. The topological polar surface area (TPSA) is 140 Å². The molecule has 2 aliphatic heterocycles. The Morgan fingerprint density at radius 1 is 1.28 bits per heavy atom. The Balaban J connectivity index is 1.41. The van der Waals surface area contributed by atoms with E-state index < -0.39 is 26.1 Å². The molecule has 10 nitrogen and oxygen atoms in total. The van der Waals surface area contributed by atoms with Crippen LogP contribution in [0, 0.1) is 0 Å². The highest BCUT2D eigenvalue weighted by molar-refractivity contribution is 7.93. The Bertz CT molecular complexity index is 1160. The Morgan fingerprint density at radius 3 is 2.62 bits per heavy atom. The Hall–Kier alpha value is -1.89. The summed E-state index contributed by atoms with van der Waals surface area (Å²) in [6.45, 7) is -0.0589. The lowest BCUT2D eigenvalue weighted by molar-refractivity contribution is 0.143. The predicted octanol–water partition coefficient (Wildman–Crippen LogP) is 2.38. The first-order valence-electron chi connectivity index (χ1n) is 10.4. The highest BCUT2D eigenvalue weighted by Crippen LogP contribution is 2.40.